The lowest BCUT2D eigenvalue weighted by molar-refractivity contribution is 0.811. The number of nitrogen functional groups attached to an aromatic ring is 1. The molecule has 0 fully saturated rings. The van der Waals surface area contributed by atoms with Gasteiger partial charge in [0.2, 0.25) is 0 Å². The maximum absolute atomic E-state index is 5.52. The van der Waals surface area contributed by atoms with E-state index < -0.39 is 0 Å². The first-order chi connectivity index (χ1) is 6.25. The Morgan fingerprint density at radius 3 is 2.85 bits per heavy atom. The zero-order valence-electron chi connectivity index (χ0n) is 7.18. The van der Waals surface area contributed by atoms with Gasteiger partial charge in [0.15, 0.2) is 5.82 Å². The molecule has 0 aromatic carbocycles. The summed E-state index contributed by atoms with van der Waals surface area (Å²) >= 11 is 0. The number of hydrogen-bond acceptors (Lipinski definition) is 4. The average molecular weight is 175 g/mol. The normalized spacial score (nSPS) is 10.2. The molecule has 2 N–H and O–H groups in total. The van der Waals surface area contributed by atoms with Crippen molar-refractivity contribution in [3.8, 4) is 5.82 Å². The number of aromatic nitrogens is 4. The Morgan fingerprint density at radius 1 is 1.38 bits per heavy atom. The van der Waals surface area contributed by atoms with E-state index in [0.29, 0.717) is 11.5 Å². The number of nitrogens with zero attached hydrogens (tertiary/aromatic N) is 4. The Balaban J connectivity index is 2.46. The Bertz CT molecular complexity index is 420. The first-order valence-corrected chi connectivity index (χ1v) is 3.85. The Kier molecular flexibility index (Phi) is 1.70. The molecule has 0 unspecified atom stereocenters. The predicted molar refractivity (Wildman–Crippen MR) is 48.3 cm³/mol. The van der Waals surface area contributed by atoms with Crippen LogP contribution in [0.3, 0.4) is 0 Å². The summed E-state index contributed by atoms with van der Waals surface area (Å²) in [6.45, 7) is 1.95. The number of nitrogens with two attached hydrogens (primary N) is 1. The molecule has 0 saturated carbocycles. The molecule has 2 aromatic heterocycles. The third-order valence-electron chi connectivity index (χ3n) is 1.62. The van der Waals surface area contributed by atoms with Gasteiger partial charge in [-0.2, -0.15) is 10.2 Å². The number of hydrogen-bond donors (Lipinski definition) is 1. The molecule has 66 valence electrons. The van der Waals surface area contributed by atoms with E-state index in [1.807, 2.05) is 13.0 Å². The van der Waals surface area contributed by atoms with Gasteiger partial charge < -0.3 is 5.73 Å². The summed E-state index contributed by atoms with van der Waals surface area (Å²) in [4.78, 5) is 0. The second kappa shape index (κ2) is 2.85. The van der Waals surface area contributed by atoms with E-state index >= 15 is 0 Å². The van der Waals surface area contributed by atoms with Gasteiger partial charge in [-0.1, -0.05) is 0 Å². The Labute approximate surface area is 75.2 Å². The van der Waals surface area contributed by atoms with Crippen LogP contribution in [0.25, 0.3) is 5.82 Å². The highest BCUT2D eigenvalue weighted by Gasteiger charge is 1.99. The van der Waals surface area contributed by atoms with Crippen molar-refractivity contribution in [3.05, 3.63) is 30.2 Å². The summed E-state index contributed by atoms with van der Waals surface area (Å²) in [6, 6.07) is 1.89. The molecule has 0 aliphatic carbocycles. The molecule has 2 aromatic rings. The molecule has 0 spiro atoms. The van der Waals surface area contributed by atoms with Crippen LogP contribution in [0.2, 0.25) is 0 Å². The Morgan fingerprint density at radius 2 is 2.23 bits per heavy atom. The highest BCUT2D eigenvalue weighted by atomic mass is 15.3. The van der Waals surface area contributed by atoms with E-state index in [0.717, 1.165) is 5.56 Å². The highest BCUT2D eigenvalue weighted by Crippen LogP contribution is 2.06. The number of aryl methyl sites for hydroxylation is 1. The molecule has 0 atom stereocenters. The molecule has 5 heteroatoms. The first-order valence-electron chi connectivity index (χ1n) is 3.85. The van der Waals surface area contributed by atoms with Crippen LogP contribution in [-0.4, -0.2) is 20.0 Å². The van der Waals surface area contributed by atoms with Crippen LogP contribution in [0.15, 0.2) is 24.7 Å². The van der Waals surface area contributed by atoms with Gasteiger partial charge in [-0.3, -0.25) is 0 Å². The second-order valence-corrected chi connectivity index (χ2v) is 2.81. The molecular weight excluding hydrogens is 166 g/mol. The van der Waals surface area contributed by atoms with Crippen molar-refractivity contribution in [1.82, 2.24) is 20.0 Å². The smallest absolute Gasteiger partial charge is 0.175 e. The van der Waals surface area contributed by atoms with Crippen LogP contribution in [0, 0.1) is 6.92 Å². The SMILES string of the molecule is Cc1cnnc(-n2cc(N)cn2)c1. The maximum atomic E-state index is 5.52. The zero-order valence-corrected chi connectivity index (χ0v) is 7.18. The second-order valence-electron chi connectivity index (χ2n) is 2.81. The van der Waals surface area contributed by atoms with Crippen molar-refractivity contribution in [2.24, 2.45) is 0 Å². The summed E-state index contributed by atoms with van der Waals surface area (Å²) in [5.41, 5.74) is 7.18. The van der Waals surface area contributed by atoms with Gasteiger partial charge in [-0.15, -0.1) is 5.10 Å². The lowest BCUT2D eigenvalue weighted by Crippen LogP contribution is -1.99. The standard InChI is InChI=1S/C8H9N5/c1-6-2-8(12-10-3-6)13-5-7(9)4-11-13/h2-5H,9H2,1H3. The summed E-state index contributed by atoms with van der Waals surface area (Å²) in [7, 11) is 0. The largest absolute Gasteiger partial charge is 0.396 e. The van der Waals surface area contributed by atoms with Crippen molar-refractivity contribution in [2.75, 3.05) is 5.73 Å². The highest BCUT2D eigenvalue weighted by molar-refractivity contribution is 5.35. The molecule has 2 rings (SSSR count). The van der Waals surface area contributed by atoms with E-state index in [1.54, 1.807) is 23.3 Å². The van der Waals surface area contributed by atoms with Crippen molar-refractivity contribution in [2.45, 2.75) is 6.92 Å². The summed E-state index contributed by atoms with van der Waals surface area (Å²) in [6.07, 6.45) is 4.96. The van der Waals surface area contributed by atoms with Gasteiger partial charge in [-0.25, -0.2) is 4.68 Å². The molecule has 2 heterocycles. The minimum absolute atomic E-state index is 0.614. The van der Waals surface area contributed by atoms with Crippen molar-refractivity contribution < 1.29 is 0 Å². The van der Waals surface area contributed by atoms with Gasteiger partial charge >= 0.3 is 0 Å². The first kappa shape index (κ1) is 7.72. The lowest BCUT2D eigenvalue weighted by atomic mass is 10.3. The van der Waals surface area contributed by atoms with Crippen LogP contribution in [0.4, 0.5) is 5.69 Å². The third-order valence-corrected chi connectivity index (χ3v) is 1.62. The van der Waals surface area contributed by atoms with Crippen LogP contribution >= 0.6 is 0 Å². The molecular formula is C8H9N5. The van der Waals surface area contributed by atoms with Gasteiger partial charge in [-0.05, 0) is 18.6 Å². The fraction of sp³-hybridized carbons (Fsp3) is 0.125. The van der Waals surface area contributed by atoms with Gasteiger partial charge in [0.25, 0.3) is 0 Å². The fourth-order valence-electron chi connectivity index (χ4n) is 1.02. The predicted octanol–water partition coefficient (Wildman–Crippen LogP) is 0.553. The number of rotatable bonds is 1. The van der Waals surface area contributed by atoms with Gasteiger partial charge in [0.1, 0.15) is 0 Å². The molecule has 0 saturated heterocycles. The minimum Gasteiger partial charge on any atom is -0.396 e. The molecule has 0 aliphatic heterocycles. The van der Waals surface area contributed by atoms with Gasteiger partial charge in [0, 0.05) is 0 Å². The van der Waals surface area contributed by atoms with Crippen LogP contribution < -0.4 is 5.73 Å². The minimum atomic E-state index is 0.614. The van der Waals surface area contributed by atoms with E-state index in [9.17, 15) is 0 Å². The van der Waals surface area contributed by atoms with Crippen molar-refractivity contribution in [1.29, 1.82) is 0 Å². The van der Waals surface area contributed by atoms with Crippen LogP contribution in [-0.2, 0) is 0 Å². The lowest BCUT2D eigenvalue weighted by Gasteiger charge is -1.98. The van der Waals surface area contributed by atoms with Crippen molar-refractivity contribution in [3.63, 3.8) is 0 Å². The van der Waals surface area contributed by atoms with E-state index in [-0.39, 0.29) is 0 Å². The van der Waals surface area contributed by atoms with Crippen LogP contribution in [0.5, 0.6) is 0 Å². The molecule has 13 heavy (non-hydrogen) atoms. The van der Waals surface area contributed by atoms with E-state index in [1.165, 1.54) is 0 Å². The molecule has 0 bridgehead atoms. The average Bonchev–Trinajstić information content (AvgIpc) is 2.52. The van der Waals surface area contributed by atoms with E-state index in [4.69, 9.17) is 5.73 Å². The molecule has 0 radical (unpaired) electrons. The molecule has 0 aliphatic rings. The van der Waals surface area contributed by atoms with Crippen LogP contribution in [0.1, 0.15) is 5.56 Å². The summed E-state index contributed by atoms with van der Waals surface area (Å²) in [5.74, 6) is 0.678. The molecule has 5 nitrogen and oxygen atoms in total. The monoisotopic (exact) mass is 175 g/mol. The fourth-order valence-corrected chi connectivity index (χ4v) is 1.02. The topological polar surface area (TPSA) is 69.6 Å². The zero-order chi connectivity index (χ0) is 9.26. The number of anilines is 1. The quantitative estimate of drug-likeness (QED) is 0.687. The third kappa shape index (κ3) is 1.48. The van der Waals surface area contributed by atoms with E-state index in [2.05, 4.69) is 15.3 Å². The van der Waals surface area contributed by atoms with Crippen molar-refractivity contribution >= 4 is 5.69 Å². The molecule has 0 amide bonds. The Hall–Kier alpha value is -1.91. The maximum Gasteiger partial charge on any atom is 0.175 e. The summed E-state index contributed by atoms with van der Waals surface area (Å²) < 4.78 is 1.59. The summed E-state index contributed by atoms with van der Waals surface area (Å²) in [5, 5.41) is 11.8. The van der Waals surface area contributed by atoms with Gasteiger partial charge in [0.05, 0.1) is 24.3 Å².